The lowest BCUT2D eigenvalue weighted by molar-refractivity contribution is -0.136. The number of nitrogens with zero attached hydrogens (tertiary/aromatic N) is 8. The molecule has 0 aromatic carbocycles. The van der Waals surface area contributed by atoms with Gasteiger partial charge in [0.15, 0.2) is 11.6 Å². The Hall–Kier alpha value is -3.49. The van der Waals surface area contributed by atoms with E-state index in [2.05, 4.69) is 30.0 Å². The number of imidazole rings is 1. The fourth-order valence-corrected chi connectivity index (χ4v) is 4.58. The van der Waals surface area contributed by atoms with Crippen LogP contribution >= 0.6 is 0 Å². The van der Waals surface area contributed by atoms with Gasteiger partial charge in [-0.15, -0.1) is 10.2 Å². The maximum Gasteiger partial charge on any atom is 0.227 e. The van der Waals surface area contributed by atoms with E-state index < -0.39 is 0 Å². The minimum absolute atomic E-state index is 0.00233. The zero-order valence-corrected chi connectivity index (χ0v) is 18.3. The molecule has 2 aliphatic heterocycles. The summed E-state index contributed by atoms with van der Waals surface area (Å²) in [5.74, 6) is 3.69. The van der Waals surface area contributed by atoms with Gasteiger partial charge in [0.2, 0.25) is 5.91 Å². The Labute approximate surface area is 187 Å². The van der Waals surface area contributed by atoms with Gasteiger partial charge < -0.3 is 14.7 Å². The molecule has 2 fully saturated rings. The minimum atomic E-state index is 0.00233. The summed E-state index contributed by atoms with van der Waals surface area (Å²) in [6.45, 7) is 6.65. The summed E-state index contributed by atoms with van der Waals surface area (Å²) in [5, 5.41) is 8.82. The van der Waals surface area contributed by atoms with Crippen molar-refractivity contribution in [1.29, 1.82) is 0 Å². The summed E-state index contributed by atoms with van der Waals surface area (Å²) >= 11 is 0. The molecule has 5 heterocycles. The van der Waals surface area contributed by atoms with Crippen LogP contribution in [0.1, 0.15) is 18.7 Å². The van der Waals surface area contributed by atoms with Crippen molar-refractivity contribution in [2.75, 3.05) is 49.1 Å². The second-order valence-electron chi connectivity index (χ2n) is 8.38. The molecule has 5 rings (SSSR count). The molecule has 9 nitrogen and oxygen atoms in total. The van der Waals surface area contributed by atoms with Gasteiger partial charge in [0.25, 0.3) is 0 Å². The SMILES string of the molecule is Cc1nccn1-c1ccc(N2CCCC(C(=O)N3CCN(c4ccccn4)CC3)C2)nn1. The maximum absolute atomic E-state index is 13.2. The average Bonchev–Trinajstić information content (AvgIpc) is 3.30. The minimum Gasteiger partial charge on any atom is -0.354 e. The first-order chi connectivity index (χ1) is 15.7. The molecule has 0 bridgehead atoms. The van der Waals surface area contributed by atoms with Crippen molar-refractivity contribution in [3.8, 4) is 5.82 Å². The van der Waals surface area contributed by atoms with Crippen LogP contribution in [0.3, 0.4) is 0 Å². The first kappa shape index (κ1) is 20.4. The molecule has 32 heavy (non-hydrogen) atoms. The van der Waals surface area contributed by atoms with Crippen LogP contribution in [0, 0.1) is 12.8 Å². The van der Waals surface area contributed by atoms with Crippen LogP contribution in [0.15, 0.2) is 48.9 Å². The molecule has 3 aromatic rings. The molecule has 0 radical (unpaired) electrons. The molecule has 1 amide bonds. The van der Waals surface area contributed by atoms with Crippen molar-refractivity contribution in [1.82, 2.24) is 29.6 Å². The first-order valence-corrected chi connectivity index (χ1v) is 11.2. The van der Waals surface area contributed by atoms with Crippen LogP contribution in [0.25, 0.3) is 5.82 Å². The Morgan fingerprint density at radius 1 is 0.875 bits per heavy atom. The highest BCUT2D eigenvalue weighted by Crippen LogP contribution is 2.24. The number of carbonyl (C=O) groups excluding carboxylic acids is 1. The van der Waals surface area contributed by atoms with Crippen molar-refractivity contribution < 1.29 is 4.79 Å². The lowest BCUT2D eigenvalue weighted by atomic mass is 9.96. The van der Waals surface area contributed by atoms with E-state index in [1.54, 1.807) is 6.20 Å². The Bertz CT molecular complexity index is 1040. The predicted octanol–water partition coefficient (Wildman–Crippen LogP) is 1.93. The van der Waals surface area contributed by atoms with Crippen molar-refractivity contribution in [2.45, 2.75) is 19.8 Å². The Morgan fingerprint density at radius 2 is 1.69 bits per heavy atom. The number of piperidine rings is 1. The molecule has 0 spiro atoms. The van der Waals surface area contributed by atoms with Crippen molar-refractivity contribution in [2.24, 2.45) is 5.92 Å². The summed E-state index contributed by atoms with van der Waals surface area (Å²) in [7, 11) is 0. The third-order valence-corrected chi connectivity index (χ3v) is 6.37. The Kier molecular flexibility index (Phi) is 5.70. The molecule has 3 aromatic heterocycles. The van der Waals surface area contributed by atoms with Gasteiger partial charge >= 0.3 is 0 Å². The standard InChI is InChI=1S/C23H28N8O/c1-18-24-10-12-31(18)22-8-7-21(26-27-22)30-11-4-5-19(17-30)23(32)29-15-13-28(14-16-29)20-6-2-3-9-25-20/h2-3,6-10,12,19H,4-5,11,13-17H2,1H3. The van der Waals surface area contributed by atoms with E-state index in [1.807, 2.05) is 59.1 Å². The number of anilines is 2. The van der Waals surface area contributed by atoms with E-state index in [4.69, 9.17) is 0 Å². The van der Waals surface area contributed by atoms with Crippen LogP contribution in [0.2, 0.25) is 0 Å². The molecule has 0 aliphatic carbocycles. The third-order valence-electron chi connectivity index (χ3n) is 6.37. The second kappa shape index (κ2) is 8.94. The number of aromatic nitrogens is 5. The number of amides is 1. The smallest absolute Gasteiger partial charge is 0.227 e. The predicted molar refractivity (Wildman–Crippen MR) is 122 cm³/mol. The van der Waals surface area contributed by atoms with Gasteiger partial charge in [-0.3, -0.25) is 9.36 Å². The molecule has 0 saturated carbocycles. The van der Waals surface area contributed by atoms with Gasteiger partial charge in [0, 0.05) is 57.9 Å². The number of rotatable bonds is 4. The van der Waals surface area contributed by atoms with E-state index in [1.165, 1.54) is 0 Å². The molecular weight excluding hydrogens is 404 g/mol. The quantitative estimate of drug-likeness (QED) is 0.623. The van der Waals surface area contributed by atoms with Gasteiger partial charge in [-0.05, 0) is 44.0 Å². The normalized spacial score (nSPS) is 19.3. The van der Waals surface area contributed by atoms with Gasteiger partial charge in [0.1, 0.15) is 11.6 Å². The molecule has 0 N–H and O–H groups in total. The number of carbonyl (C=O) groups is 1. The number of pyridine rings is 1. The van der Waals surface area contributed by atoms with Crippen molar-refractivity contribution in [3.05, 3.63) is 54.7 Å². The summed E-state index contributed by atoms with van der Waals surface area (Å²) in [4.78, 5) is 28.4. The van der Waals surface area contributed by atoms with Gasteiger partial charge in [-0.2, -0.15) is 0 Å². The maximum atomic E-state index is 13.2. The van der Waals surface area contributed by atoms with Gasteiger partial charge in [-0.1, -0.05) is 6.07 Å². The fraction of sp³-hybridized carbons (Fsp3) is 0.435. The molecule has 1 atom stereocenters. The van der Waals surface area contributed by atoms with Gasteiger partial charge in [0.05, 0.1) is 5.92 Å². The molecular formula is C23H28N8O. The first-order valence-electron chi connectivity index (χ1n) is 11.2. The van der Waals surface area contributed by atoms with Crippen molar-refractivity contribution in [3.63, 3.8) is 0 Å². The summed E-state index contributed by atoms with van der Waals surface area (Å²) in [5.41, 5.74) is 0. The summed E-state index contributed by atoms with van der Waals surface area (Å²) < 4.78 is 1.91. The van der Waals surface area contributed by atoms with E-state index in [9.17, 15) is 4.79 Å². The molecule has 2 aliphatic rings. The highest BCUT2D eigenvalue weighted by atomic mass is 16.2. The molecule has 9 heteroatoms. The van der Waals surface area contributed by atoms with E-state index in [0.29, 0.717) is 6.54 Å². The van der Waals surface area contributed by atoms with Gasteiger partial charge in [-0.25, -0.2) is 9.97 Å². The number of hydrogen-bond acceptors (Lipinski definition) is 7. The number of hydrogen-bond donors (Lipinski definition) is 0. The van der Waals surface area contributed by atoms with Crippen LogP contribution in [-0.4, -0.2) is 74.8 Å². The third kappa shape index (κ3) is 4.15. The van der Waals surface area contributed by atoms with Crippen LogP contribution in [0.4, 0.5) is 11.6 Å². The van der Waals surface area contributed by atoms with Crippen LogP contribution < -0.4 is 9.80 Å². The molecule has 166 valence electrons. The zero-order chi connectivity index (χ0) is 21.9. The summed E-state index contributed by atoms with van der Waals surface area (Å²) in [6, 6.07) is 9.90. The lowest BCUT2D eigenvalue weighted by Crippen LogP contribution is -2.52. The highest BCUT2D eigenvalue weighted by Gasteiger charge is 2.31. The van der Waals surface area contributed by atoms with Crippen LogP contribution in [0.5, 0.6) is 0 Å². The zero-order valence-electron chi connectivity index (χ0n) is 18.3. The monoisotopic (exact) mass is 432 g/mol. The molecule has 1 unspecified atom stereocenters. The molecule has 2 saturated heterocycles. The largest absolute Gasteiger partial charge is 0.354 e. The van der Waals surface area contributed by atoms with Crippen molar-refractivity contribution >= 4 is 17.5 Å². The van der Waals surface area contributed by atoms with E-state index in [0.717, 1.165) is 68.8 Å². The van der Waals surface area contributed by atoms with Crippen LogP contribution in [-0.2, 0) is 4.79 Å². The topological polar surface area (TPSA) is 83.3 Å². The summed E-state index contributed by atoms with van der Waals surface area (Å²) in [6.07, 6.45) is 7.35. The average molecular weight is 433 g/mol. The second-order valence-corrected chi connectivity index (χ2v) is 8.38. The number of aryl methyl sites for hydroxylation is 1. The fourth-order valence-electron chi connectivity index (χ4n) is 4.58. The Balaban J connectivity index is 1.20. The lowest BCUT2D eigenvalue weighted by Gasteiger charge is -2.39. The highest BCUT2D eigenvalue weighted by molar-refractivity contribution is 5.80. The Morgan fingerprint density at radius 3 is 2.38 bits per heavy atom. The van der Waals surface area contributed by atoms with E-state index in [-0.39, 0.29) is 11.8 Å². The number of piperazine rings is 1. The van der Waals surface area contributed by atoms with E-state index >= 15 is 0 Å².